The molecule has 0 saturated heterocycles. The molecule has 0 aromatic heterocycles. The van der Waals surface area contributed by atoms with Gasteiger partial charge < -0.3 is 15.7 Å². The van der Waals surface area contributed by atoms with Crippen LogP contribution in [0.3, 0.4) is 0 Å². The molecule has 2 aromatic rings. The zero-order valence-corrected chi connectivity index (χ0v) is 12.1. The normalized spacial score (nSPS) is 10.4. The summed E-state index contributed by atoms with van der Waals surface area (Å²) in [6.45, 7) is 2.53. The molecule has 4 heteroatoms. The number of nitrogens with zero attached hydrogens (tertiary/aromatic N) is 1. The van der Waals surface area contributed by atoms with Gasteiger partial charge in [0.25, 0.3) is 5.91 Å². The minimum absolute atomic E-state index is 0.0791. The van der Waals surface area contributed by atoms with Gasteiger partial charge in [-0.1, -0.05) is 42.5 Å². The van der Waals surface area contributed by atoms with E-state index in [0.29, 0.717) is 17.8 Å². The molecule has 2 rings (SSSR count). The van der Waals surface area contributed by atoms with Crippen LogP contribution in [0, 0.1) is 6.92 Å². The second-order valence-corrected chi connectivity index (χ2v) is 4.97. The molecule has 0 heterocycles. The van der Waals surface area contributed by atoms with Gasteiger partial charge in [0.15, 0.2) is 0 Å². The van der Waals surface area contributed by atoms with Crippen molar-refractivity contribution in [3.8, 4) is 0 Å². The van der Waals surface area contributed by atoms with Gasteiger partial charge in [0, 0.05) is 18.8 Å². The Labute approximate surface area is 124 Å². The number of benzene rings is 2. The lowest BCUT2D eigenvalue weighted by molar-refractivity contribution is 0.0709. The standard InChI is InChI=1S/C17H20N2O2/c1-13-6-5-9-15(16(13)18)17(21)19(10-11-20)12-14-7-3-2-4-8-14/h2-9,20H,10-12,18H2,1H3. The number of anilines is 1. The summed E-state index contributed by atoms with van der Waals surface area (Å²) in [5, 5.41) is 9.21. The number of carbonyl (C=O) groups is 1. The first-order chi connectivity index (χ1) is 10.1. The van der Waals surface area contributed by atoms with E-state index in [-0.39, 0.29) is 19.1 Å². The first-order valence-corrected chi connectivity index (χ1v) is 6.92. The predicted molar refractivity (Wildman–Crippen MR) is 83.9 cm³/mol. The van der Waals surface area contributed by atoms with Crippen LogP contribution in [0.2, 0.25) is 0 Å². The fourth-order valence-electron chi connectivity index (χ4n) is 2.21. The summed E-state index contributed by atoms with van der Waals surface area (Å²) in [5.74, 6) is -0.158. The van der Waals surface area contributed by atoms with E-state index in [1.165, 1.54) is 0 Å². The SMILES string of the molecule is Cc1cccc(C(=O)N(CCO)Cc2ccccc2)c1N. The van der Waals surface area contributed by atoms with Crippen molar-refractivity contribution in [2.45, 2.75) is 13.5 Å². The number of aryl methyl sites for hydroxylation is 1. The molecule has 4 nitrogen and oxygen atoms in total. The zero-order chi connectivity index (χ0) is 15.2. The van der Waals surface area contributed by atoms with Crippen LogP contribution in [0.5, 0.6) is 0 Å². The first kappa shape index (κ1) is 15.1. The average Bonchev–Trinajstić information content (AvgIpc) is 2.50. The maximum atomic E-state index is 12.6. The van der Waals surface area contributed by atoms with Gasteiger partial charge in [-0.2, -0.15) is 0 Å². The lowest BCUT2D eigenvalue weighted by atomic mass is 10.1. The Bertz CT molecular complexity index is 611. The van der Waals surface area contributed by atoms with Crippen LogP contribution in [0.4, 0.5) is 5.69 Å². The Morgan fingerprint density at radius 1 is 1.14 bits per heavy atom. The molecule has 3 N–H and O–H groups in total. The van der Waals surface area contributed by atoms with Crippen molar-refractivity contribution in [1.29, 1.82) is 0 Å². The lowest BCUT2D eigenvalue weighted by Gasteiger charge is -2.23. The third kappa shape index (κ3) is 3.61. The van der Waals surface area contributed by atoms with Crippen molar-refractivity contribution in [3.05, 3.63) is 65.2 Å². The molecule has 0 saturated carbocycles. The van der Waals surface area contributed by atoms with E-state index in [1.807, 2.05) is 49.4 Å². The van der Waals surface area contributed by atoms with Gasteiger partial charge in [-0.15, -0.1) is 0 Å². The molecule has 0 atom stereocenters. The minimum atomic E-state index is -0.158. The van der Waals surface area contributed by atoms with Crippen molar-refractivity contribution in [2.24, 2.45) is 0 Å². The van der Waals surface area contributed by atoms with Crippen LogP contribution in [0.25, 0.3) is 0 Å². The lowest BCUT2D eigenvalue weighted by Crippen LogP contribution is -2.33. The quantitative estimate of drug-likeness (QED) is 0.827. The fraction of sp³-hybridized carbons (Fsp3) is 0.235. The molecule has 2 aromatic carbocycles. The highest BCUT2D eigenvalue weighted by Crippen LogP contribution is 2.19. The smallest absolute Gasteiger partial charge is 0.256 e. The zero-order valence-electron chi connectivity index (χ0n) is 12.1. The van der Waals surface area contributed by atoms with E-state index >= 15 is 0 Å². The second kappa shape index (κ2) is 6.90. The third-order valence-electron chi connectivity index (χ3n) is 3.43. The van der Waals surface area contributed by atoms with Gasteiger partial charge in [-0.05, 0) is 24.1 Å². The number of hydrogen-bond acceptors (Lipinski definition) is 3. The summed E-state index contributed by atoms with van der Waals surface area (Å²) >= 11 is 0. The van der Waals surface area contributed by atoms with Crippen LogP contribution in [0.1, 0.15) is 21.5 Å². The topological polar surface area (TPSA) is 66.6 Å². The van der Waals surface area contributed by atoms with Gasteiger partial charge >= 0.3 is 0 Å². The average molecular weight is 284 g/mol. The summed E-state index contributed by atoms with van der Waals surface area (Å²) in [4.78, 5) is 14.3. The van der Waals surface area contributed by atoms with E-state index in [0.717, 1.165) is 11.1 Å². The van der Waals surface area contributed by atoms with E-state index < -0.39 is 0 Å². The number of amides is 1. The molecule has 0 unspecified atom stereocenters. The number of nitrogen functional groups attached to an aromatic ring is 1. The van der Waals surface area contributed by atoms with E-state index in [1.54, 1.807) is 11.0 Å². The Morgan fingerprint density at radius 3 is 2.52 bits per heavy atom. The van der Waals surface area contributed by atoms with Crippen molar-refractivity contribution in [1.82, 2.24) is 4.90 Å². The maximum absolute atomic E-state index is 12.6. The molecule has 21 heavy (non-hydrogen) atoms. The van der Waals surface area contributed by atoms with Crippen LogP contribution in [0.15, 0.2) is 48.5 Å². The Balaban J connectivity index is 2.25. The number of rotatable bonds is 5. The van der Waals surface area contributed by atoms with Crippen molar-refractivity contribution in [2.75, 3.05) is 18.9 Å². The van der Waals surface area contributed by atoms with E-state index in [2.05, 4.69) is 0 Å². The highest BCUT2D eigenvalue weighted by atomic mass is 16.3. The minimum Gasteiger partial charge on any atom is -0.398 e. The molecule has 110 valence electrons. The number of nitrogens with two attached hydrogens (primary N) is 1. The summed E-state index contributed by atoms with van der Waals surface area (Å²) in [6, 6.07) is 15.1. The fourth-order valence-corrected chi connectivity index (χ4v) is 2.21. The molecular weight excluding hydrogens is 264 g/mol. The summed E-state index contributed by atoms with van der Waals surface area (Å²) in [5.41, 5.74) is 8.88. The third-order valence-corrected chi connectivity index (χ3v) is 3.43. The van der Waals surface area contributed by atoms with Crippen LogP contribution in [-0.4, -0.2) is 29.1 Å². The van der Waals surface area contributed by atoms with Gasteiger partial charge in [0.2, 0.25) is 0 Å². The number of aliphatic hydroxyl groups excluding tert-OH is 1. The highest BCUT2D eigenvalue weighted by Gasteiger charge is 2.18. The molecule has 0 aliphatic heterocycles. The second-order valence-electron chi connectivity index (χ2n) is 4.97. The number of hydrogen-bond donors (Lipinski definition) is 2. The molecule has 0 bridgehead atoms. The number of para-hydroxylation sites is 1. The first-order valence-electron chi connectivity index (χ1n) is 6.92. The molecule has 0 spiro atoms. The van der Waals surface area contributed by atoms with E-state index in [9.17, 15) is 9.90 Å². The maximum Gasteiger partial charge on any atom is 0.256 e. The Hall–Kier alpha value is -2.33. The Morgan fingerprint density at radius 2 is 1.86 bits per heavy atom. The van der Waals surface area contributed by atoms with Crippen LogP contribution in [-0.2, 0) is 6.54 Å². The summed E-state index contributed by atoms with van der Waals surface area (Å²) in [7, 11) is 0. The molecule has 0 fully saturated rings. The van der Waals surface area contributed by atoms with Gasteiger partial charge in [0.05, 0.1) is 12.2 Å². The van der Waals surface area contributed by atoms with Crippen LogP contribution < -0.4 is 5.73 Å². The number of aliphatic hydroxyl groups is 1. The van der Waals surface area contributed by atoms with Gasteiger partial charge in [-0.3, -0.25) is 4.79 Å². The summed E-state index contributed by atoms with van der Waals surface area (Å²) < 4.78 is 0. The number of carbonyl (C=O) groups excluding carboxylic acids is 1. The molecule has 1 amide bonds. The summed E-state index contributed by atoms with van der Waals surface area (Å²) in [6.07, 6.45) is 0. The van der Waals surface area contributed by atoms with Crippen molar-refractivity contribution in [3.63, 3.8) is 0 Å². The highest BCUT2D eigenvalue weighted by molar-refractivity contribution is 5.99. The van der Waals surface area contributed by atoms with Gasteiger partial charge in [-0.25, -0.2) is 0 Å². The molecule has 0 radical (unpaired) electrons. The Kier molecular flexibility index (Phi) is 4.95. The predicted octanol–water partition coefficient (Wildman–Crippen LogP) is 2.21. The van der Waals surface area contributed by atoms with Crippen molar-refractivity contribution < 1.29 is 9.90 Å². The monoisotopic (exact) mass is 284 g/mol. The van der Waals surface area contributed by atoms with Crippen molar-refractivity contribution >= 4 is 11.6 Å². The van der Waals surface area contributed by atoms with Gasteiger partial charge in [0.1, 0.15) is 0 Å². The largest absolute Gasteiger partial charge is 0.398 e. The van der Waals surface area contributed by atoms with E-state index in [4.69, 9.17) is 5.73 Å². The molecule has 0 aliphatic rings. The van der Waals surface area contributed by atoms with Crippen LogP contribution >= 0.6 is 0 Å². The molecular formula is C17H20N2O2. The molecule has 0 aliphatic carbocycles.